The van der Waals surface area contributed by atoms with Gasteiger partial charge in [-0.15, -0.1) is 0 Å². The standard InChI is InChI=1S/C13H12FN3O2/c14-11-7-10(13(15)17-18)1-2-12(11)19-8-9-3-5-16-6-4-9/h1-7,18H,8H2,(H2,15,17). The van der Waals surface area contributed by atoms with E-state index in [0.717, 1.165) is 11.6 Å². The smallest absolute Gasteiger partial charge is 0.170 e. The third kappa shape index (κ3) is 3.19. The van der Waals surface area contributed by atoms with Gasteiger partial charge < -0.3 is 15.7 Å². The largest absolute Gasteiger partial charge is 0.486 e. The van der Waals surface area contributed by atoms with Gasteiger partial charge in [0.15, 0.2) is 17.4 Å². The van der Waals surface area contributed by atoms with Crippen LogP contribution in [0.1, 0.15) is 11.1 Å². The van der Waals surface area contributed by atoms with Gasteiger partial charge in [0.1, 0.15) is 6.61 Å². The zero-order valence-corrected chi connectivity index (χ0v) is 9.95. The number of nitrogens with zero attached hydrogens (tertiary/aromatic N) is 2. The average Bonchev–Trinajstić information content (AvgIpc) is 2.46. The van der Waals surface area contributed by atoms with Crippen LogP contribution < -0.4 is 10.5 Å². The lowest BCUT2D eigenvalue weighted by Gasteiger charge is -2.08. The maximum atomic E-state index is 13.7. The van der Waals surface area contributed by atoms with Crippen LogP contribution >= 0.6 is 0 Å². The van der Waals surface area contributed by atoms with E-state index in [9.17, 15) is 4.39 Å². The number of ether oxygens (including phenoxy) is 1. The first kappa shape index (κ1) is 12.8. The van der Waals surface area contributed by atoms with E-state index in [1.807, 2.05) is 0 Å². The van der Waals surface area contributed by atoms with Gasteiger partial charge >= 0.3 is 0 Å². The highest BCUT2D eigenvalue weighted by molar-refractivity contribution is 5.97. The van der Waals surface area contributed by atoms with Crippen molar-refractivity contribution >= 4 is 5.84 Å². The van der Waals surface area contributed by atoms with Crippen molar-refractivity contribution in [1.82, 2.24) is 4.98 Å². The summed E-state index contributed by atoms with van der Waals surface area (Å²) in [5.41, 5.74) is 6.54. The van der Waals surface area contributed by atoms with E-state index in [4.69, 9.17) is 15.7 Å². The summed E-state index contributed by atoms with van der Waals surface area (Å²) in [4.78, 5) is 3.88. The maximum absolute atomic E-state index is 13.7. The number of pyridine rings is 1. The van der Waals surface area contributed by atoms with Gasteiger partial charge in [0.25, 0.3) is 0 Å². The molecule has 6 heteroatoms. The van der Waals surface area contributed by atoms with Crippen LogP contribution in [0.3, 0.4) is 0 Å². The predicted molar refractivity (Wildman–Crippen MR) is 67.5 cm³/mol. The third-order valence-corrected chi connectivity index (χ3v) is 2.48. The fraction of sp³-hybridized carbons (Fsp3) is 0.0769. The first-order valence-electron chi connectivity index (χ1n) is 5.50. The molecule has 0 fully saturated rings. The minimum absolute atomic E-state index is 0.103. The third-order valence-electron chi connectivity index (χ3n) is 2.48. The van der Waals surface area contributed by atoms with Gasteiger partial charge in [-0.2, -0.15) is 0 Å². The molecule has 2 aromatic rings. The van der Waals surface area contributed by atoms with Crippen molar-refractivity contribution in [3.8, 4) is 5.75 Å². The Morgan fingerprint density at radius 1 is 1.32 bits per heavy atom. The molecular weight excluding hydrogens is 249 g/mol. The quantitative estimate of drug-likeness (QED) is 0.381. The van der Waals surface area contributed by atoms with Crippen LogP contribution in [0.15, 0.2) is 47.9 Å². The zero-order chi connectivity index (χ0) is 13.7. The number of aromatic nitrogens is 1. The van der Waals surface area contributed by atoms with Crippen LogP contribution in [0.2, 0.25) is 0 Å². The van der Waals surface area contributed by atoms with Gasteiger partial charge in [-0.05, 0) is 35.9 Å². The number of hydrogen-bond acceptors (Lipinski definition) is 4. The summed E-state index contributed by atoms with van der Waals surface area (Å²) in [5, 5.41) is 11.3. The predicted octanol–water partition coefficient (Wildman–Crippen LogP) is 1.89. The van der Waals surface area contributed by atoms with Crippen molar-refractivity contribution in [1.29, 1.82) is 0 Å². The molecule has 3 N–H and O–H groups in total. The second-order valence-electron chi connectivity index (χ2n) is 3.77. The maximum Gasteiger partial charge on any atom is 0.170 e. The Hall–Kier alpha value is -2.63. The van der Waals surface area contributed by atoms with Gasteiger partial charge in [-0.1, -0.05) is 5.16 Å². The number of amidine groups is 1. The van der Waals surface area contributed by atoms with Crippen LogP contribution in [0.5, 0.6) is 5.75 Å². The molecule has 0 aliphatic rings. The normalized spacial score (nSPS) is 11.3. The number of hydrogen-bond donors (Lipinski definition) is 2. The summed E-state index contributed by atoms with van der Waals surface area (Å²) in [6, 6.07) is 7.66. The molecule has 0 radical (unpaired) electrons. The van der Waals surface area contributed by atoms with Gasteiger partial charge in [-0.3, -0.25) is 4.98 Å². The molecular formula is C13H12FN3O2. The van der Waals surface area contributed by atoms with Crippen molar-refractivity contribution in [3.63, 3.8) is 0 Å². The topological polar surface area (TPSA) is 80.7 Å². The van der Waals surface area contributed by atoms with Gasteiger partial charge in [0.2, 0.25) is 0 Å². The molecule has 0 aliphatic heterocycles. The number of oxime groups is 1. The molecule has 2 rings (SSSR count). The van der Waals surface area contributed by atoms with E-state index in [1.165, 1.54) is 12.1 Å². The zero-order valence-electron chi connectivity index (χ0n) is 9.95. The number of halogens is 1. The van der Waals surface area contributed by atoms with Crippen molar-refractivity contribution in [2.75, 3.05) is 0 Å². The molecule has 0 saturated heterocycles. The highest BCUT2D eigenvalue weighted by atomic mass is 19.1. The SMILES string of the molecule is N/C(=N/O)c1ccc(OCc2ccncc2)c(F)c1. The lowest BCUT2D eigenvalue weighted by Crippen LogP contribution is -2.13. The lowest BCUT2D eigenvalue weighted by molar-refractivity contribution is 0.290. The molecule has 1 aromatic carbocycles. The molecule has 1 heterocycles. The minimum Gasteiger partial charge on any atom is -0.486 e. The fourth-order valence-electron chi connectivity index (χ4n) is 1.48. The van der Waals surface area contributed by atoms with Crippen LogP contribution in [-0.4, -0.2) is 16.0 Å². The van der Waals surface area contributed by atoms with E-state index in [1.54, 1.807) is 24.5 Å². The van der Waals surface area contributed by atoms with E-state index < -0.39 is 5.82 Å². The molecule has 1 aromatic heterocycles. The van der Waals surface area contributed by atoms with Crippen molar-refractivity contribution < 1.29 is 14.3 Å². The number of benzene rings is 1. The monoisotopic (exact) mass is 261 g/mol. The van der Waals surface area contributed by atoms with Crippen LogP contribution in [0, 0.1) is 5.82 Å². The first-order chi connectivity index (χ1) is 9.20. The Morgan fingerprint density at radius 2 is 2.05 bits per heavy atom. The lowest BCUT2D eigenvalue weighted by atomic mass is 10.2. The molecule has 98 valence electrons. The van der Waals surface area contributed by atoms with Gasteiger partial charge in [0, 0.05) is 18.0 Å². The molecule has 0 atom stereocenters. The summed E-state index contributed by atoms with van der Waals surface area (Å²) in [6.07, 6.45) is 3.27. The van der Waals surface area contributed by atoms with E-state index in [-0.39, 0.29) is 23.8 Å². The Morgan fingerprint density at radius 3 is 2.68 bits per heavy atom. The second-order valence-corrected chi connectivity index (χ2v) is 3.77. The fourth-order valence-corrected chi connectivity index (χ4v) is 1.48. The molecule has 5 nitrogen and oxygen atoms in total. The molecule has 0 unspecified atom stereocenters. The minimum atomic E-state index is -0.571. The Kier molecular flexibility index (Phi) is 3.92. The van der Waals surface area contributed by atoms with Crippen LogP contribution in [0.4, 0.5) is 4.39 Å². The van der Waals surface area contributed by atoms with E-state index >= 15 is 0 Å². The summed E-state index contributed by atoms with van der Waals surface area (Å²) in [6.45, 7) is 0.238. The summed E-state index contributed by atoms with van der Waals surface area (Å²) in [5.74, 6) is -0.621. The average molecular weight is 261 g/mol. The van der Waals surface area contributed by atoms with Crippen molar-refractivity contribution in [2.24, 2.45) is 10.9 Å². The van der Waals surface area contributed by atoms with E-state index in [0.29, 0.717) is 0 Å². The first-order valence-corrected chi connectivity index (χ1v) is 5.50. The summed E-state index contributed by atoms with van der Waals surface area (Å²) < 4.78 is 19.1. The molecule has 0 saturated carbocycles. The molecule has 0 aliphatic carbocycles. The number of nitrogens with two attached hydrogens (primary N) is 1. The molecule has 0 bridgehead atoms. The Labute approximate surface area is 109 Å². The summed E-state index contributed by atoms with van der Waals surface area (Å²) >= 11 is 0. The highest BCUT2D eigenvalue weighted by Crippen LogP contribution is 2.19. The van der Waals surface area contributed by atoms with Crippen LogP contribution in [0.25, 0.3) is 0 Å². The highest BCUT2D eigenvalue weighted by Gasteiger charge is 2.07. The molecule has 19 heavy (non-hydrogen) atoms. The Bertz CT molecular complexity index is 588. The Balaban J connectivity index is 2.10. The molecule has 0 amide bonds. The molecule has 0 spiro atoms. The second kappa shape index (κ2) is 5.81. The van der Waals surface area contributed by atoms with Gasteiger partial charge in [0.05, 0.1) is 0 Å². The van der Waals surface area contributed by atoms with Crippen molar-refractivity contribution in [2.45, 2.75) is 6.61 Å². The van der Waals surface area contributed by atoms with Crippen LogP contribution in [-0.2, 0) is 6.61 Å². The number of rotatable bonds is 4. The van der Waals surface area contributed by atoms with Gasteiger partial charge in [-0.25, -0.2) is 4.39 Å². The van der Waals surface area contributed by atoms with E-state index in [2.05, 4.69) is 10.1 Å². The summed E-state index contributed by atoms with van der Waals surface area (Å²) in [7, 11) is 0. The van der Waals surface area contributed by atoms with Crippen molar-refractivity contribution in [3.05, 3.63) is 59.7 Å².